The van der Waals surface area contributed by atoms with E-state index in [1.807, 2.05) is 24.3 Å². The fraction of sp³-hybridized carbons (Fsp3) is 0.345. The number of aromatic amines is 1. The van der Waals surface area contributed by atoms with Gasteiger partial charge in [0.05, 0.1) is 30.6 Å². The summed E-state index contributed by atoms with van der Waals surface area (Å²) in [6.45, 7) is 1.88. The lowest BCUT2D eigenvalue weighted by atomic mass is 9.92. The second kappa shape index (κ2) is 13.1. The van der Waals surface area contributed by atoms with Crippen molar-refractivity contribution in [2.75, 3.05) is 26.2 Å². The molecule has 0 radical (unpaired) electrons. The van der Waals surface area contributed by atoms with Crippen molar-refractivity contribution in [3.05, 3.63) is 92.9 Å². The Morgan fingerprint density at radius 3 is 2.59 bits per heavy atom. The van der Waals surface area contributed by atoms with E-state index in [4.69, 9.17) is 5.26 Å². The van der Waals surface area contributed by atoms with Gasteiger partial charge in [-0.3, -0.25) is 9.69 Å². The molecule has 2 atom stereocenters. The number of hydrogen-bond donors (Lipinski definition) is 3. The van der Waals surface area contributed by atoms with Crippen LogP contribution in [0, 0.1) is 34.9 Å². The topological polar surface area (TPSA) is 105 Å². The molecule has 1 aromatic heterocycles. The minimum atomic E-state index is -2.58. The summed E-state index contributed by atoms with van der Waals surface area (Å²) in [6.07, 6.45) is -0.591. The Hall–Kier alpha value is -4.12. The van der Waals surface area contributed by atoms with Crippen LogP contribution >= 0.6 is 0 Å². The normalized spacial score (nSPS) is 16.0. The molecule has 0 aliphatic carbocycles. The van der Waals surface area contributed by atoms with Gasteiger partial charge in [-0.05, 0) is 48.4 Å². The SMILES string of the molecule is N#CC1CCN(Cc2ccc(C#Cc3ccc([C@@H](CNCC(F)F)Cc4nc[nH]c(=O)c4O)c(F)c3)cc2)C1. The quantitative estimate of drug-likeness (QED) is 0.362. The monoisotopic (exact) mass is 535 g/mol. The van der Waals surface area contributed by atoms with Gasteiger partial charge in [-0.2, -0.15) is 5.26 Å². The summed E-state index contributed by atoms with van der Waals surface area (Å²) in [5.41, 5.74) is 1.88. The number of aromatic hydroxyl groups is 1. The fourth-order valence-electron chi connectivity index (χ4n) is 4.58. The molecular formula is C29H28F3N5O2. The molecule has 1 aliphatic rings. The van der Waals surface area contributed by atoms with E-state index < -0.39 is 36.0 Å². The number of halogens is 3. The van der Waals surface area contributed by atoms with E-state index in [1.54, 1.807) is 6.07 Å². The maximum absolute atomic E-state index is 15.2. The molecule has 1 unspecified atom stereocenters. The van der Waals surface area contributed by atoms with Crippen LogP contribution in [0.2, 0.25) is 0 Å². The van der Waals surface area contributed by atoms with Crippen molar-refractivity contribution in [3.63, 3.8) is 0 Å². The molecule has 0 bridgehead atoms. The zero-order chi connectivity index (χ0) is 27.8. The first-order chi connectivity index (χ1) is 18.8. The van der Waals surface area contributed by atoms with E-state index >= 15 is 4.39 Å². The first-order valence-electron chi connectivity index (χ1n) is 12.6. The highest BCUT2D eigenvalue weighted by molar-refractivity contribution is 5.45. The number of benzene rings is 2. The standard InChI is InChI=1S/C29H28F3N5O2/c30-25-11-20(4-1-19-2-5-21(6-3-19)16-37-10-9-22(13-33)17-37)7-8-24(25)23(14-34-15-27(31)32)12-26-28(38)29(39)36-18-35-26/h2-3,5-8,11,18,22-23,27,34,38H,9-10,12,14-17H2,(H,35,36,39)/t22?,23-/m1/s1. The molecular weight excluding hydrogens is 507 g/mol. The van der Waals surface area contributed by atoms with Gasteiger partial charge in [-0.15, -0.1) is 0 Å². The third kappa shape index (κ3) is 7.70. The fourth-order valence-corrected chi connectivity index (χ4v) is 4.58. The highest BCUT2D eigenvalue weighted by Gasteiger charge is 2.22. The zero-order valence-corrected chi connectivity index (χ0v) is 21.1. The first kappa shape index (κ1) is 27.9. The van der Waals surface area contributed by atoms with Crippen LogP contribution in [-0.4, -0.2) is 52.6 Å². The predicted octanol–water partition coefficient (Wildman–Crippen LogP) is 3.54. The third-order valence-corrected chi connectivity index (χ3v) is 6.64. The number of rotatable bonds is 9. The lowest BCUT2D eigenvalue weighted by Gasteiger charge is -2.19. The number of aromatic nitrogens is 2. The number of alkyl halides is 2. The Labute approximate surface area is 224 Å². The Balaban J connectivity index is 1.46. The average Bonchev–Trinajstić information content (AvgIpc) is 3.38. The molecule has 1 saturated heterocycles. The van der Waals surface area contributed by atoms with Gasteiger partial charge in [0, 0.05) is 43.1 Å². The summed E-state index contributed by atoms with van der Waals surface area (Å²) in [7, 11) is 0. The van der Waals surface area contributed by atoms with Gasteiger partial charge in [0.2, 0.25) is 5.75 Å². The van der Waals surface area contributed by atoms with Gasteiger partial charge in [-0.25, -0.2) is 18.2 Å². The van der Waals surface area contributed by atoms with Crippen LogP contribution in [0.1, 0.15) is 40.3 Å². The van der Waals surface area contributed by atoms with E-state index in [0.29, 0.717) is 5.56 Å². The summed E-state index contributed by atoms with van der Waals surface area (Å²) < 4.78 is 40.5. The highest BCUT2D eigenvalue weighted by atomic mass is 19.3. The van der Waals surface area contributed by atoms with Gasteiger partial charge in [0.15, 0.2) is 0 Å². The molecule has 4 rings (SSSR count). The summed E-state index contributed by atoms with van der Waals surface area (Å²) in [4.78, 5) is 20.2. The minimum absolute atomic E-state index is 0.0127. The maximum atomic E-state index is 15.2. The average molecular weight is 536 g/mol. The van der Waals surface area contributed by atoms with Crippen molar-refractivity contribution in [1.82, 2.24) is 20.2 Å². The summed E-state index contributed by atoms with van der Waals surface area (Å²) >= 11 is 0. The lowest BCUT2D eigenvalue weighted by molar-refractivity contribution is 0.145. The Kier molecular flexibility index (Phi) is 9.37. The third-order valence-electron chi connectivity index (χ3n) is 6.64. The number of H-pyrrole nitrogens is 1. The highest BCUT2D eigenvalue weighted by Crippen LogP contribution is 2.25. The van der Waals surface area contributed by atoms with Crippen molar-refractivity contribution in [3.8, 4) is 23.7 Å². The number of likely N-dealkylation sites (tertiary alicyclic amines) is 1. The van der Waals surface area contributed by atoms with Gasteiger partial charge in [0.1, 0.15) is 5.82 Å². The number of hydrogen-bond acceptors (Lipinski definition) is 6. The molecule has 0 saturated carbocycles. The van der Waals surface area contributed by atoms with Crippen molar-refractivity contribution >= 4 is 0 Å². The molecule has 0 spiro atoms. The molecule has 7 nitrogen and oxygen atoms in total. The minimum Gasteiger partial charge on any atom is -0.502 e. The molecule has 3 aromatic rings. The molecule has 1 aliphatic heterocycles. The van der Waals surface area contributed by atoms with Crippen molar-refractivity contribution in [2.45, 2.75) is 31.7 Å². The molecule has 1 fully saturated rings. The van der Waals surface area contributed by atoms with E-state index in [1.165, 1.54) is 12.1 Å². The molecule has 0 amide bonds. The van der Waals surface area contributed by atoms with Crippen molar-refractivity contribution in [2.24, 2.45) is 5.92 Å². The zero-order valence-electron chi connectivity index (χ0n) is 21.1. The summed E-state index contributed by atoms with van der Waals surface area (Å²) in [5, 5.41) is 21.7. The summed E-state index contributed by atoms with van der Waals surface area (Å²) in [5.74, 6) is 4.24. The first-order valence-corrected chi connectivity index (χ1v) is 12.6. The van der Waals surface area contributed by atoms with Crippen molar-refractivity contribution in [1.29, 1.82) is 5.26 Å². The maximum Gasteiger partial charge on any atom is 0.293 e. The van der Waals surface area contributed by atoms with E-state index in [9.17, 15) is 18.7 Å². The number of nitrogens with one attached hydrogen (secondary N) is 2. The van der Waals surface area contributed by atoms with Crippen LogP contribution < -0.4 is 10.9 Å². The van der Waals surface area contributed by atoms with Gasteiger partial charge in [0.25, 0.3) is 12.0 Å². The Bertz CT molecular complexity index is 1440. The molecule has 39 heavy (non-hydrogen) atoms. The van der Waals surface area contributed by atoms with Crippen molar-refractivity contribution < 1.29 is 18.3 Å². The predicted molar refractivity (Wildman–Crippen MR) is 140 cm³/mol. The van der Waals surface area contributed by atoms with E-state index in [2.05, 4.69) is 38.1 Å². The van der Waals surface area contributed by atoms with Gasteiger partial charge in [-0.1, -0.05) is 30.0 Å². The molecule has 3 N–H and O–H groups in total. The van der Waals surface area contributed by atoms with Crippen LogP contribution in [0.4, 0.5) is 13.2 Å². The van der Waals surface area contributed by atoms with Crippen LogP contribution in [0.25, 0.3) is 0 Å². The van der Waals surface area contributed by atoms with Crippen LogP contribution in [0.5, 0.6) is 5.75 Å². The van der Waals surface area contributed by atoms with Gasteiger partial charge < -0.3 is 15.4 Å². The Morgan fingerprint density at radius 1 is 1.15 bits per heavy atom. The lowest BCUT2D eigenvalue weighted by Crippen LogP contribution is -2.28. The number of nitriles is 1. The smallest absolute Gasteiger partial charge is 0.293 e. The molecule has 10 heteroatoms. The second-order valence-electron chi connectivity index (χ2n) is 9.51. The number of nitrogens with zero attached hydrogens (tertiary/aromatic N) is 3. The van der Waals surface area contributed by atoms with E-state index in [0.717, 1.165) is 43.5 Å². The molecule has 2 aromatic carbocycles. The van der Waals surface area contributed by atoms with Crippen LogP contribution in [-0.2, 0) is 13.0 Å². The second-order valence-corrected chi connectivity index (χ2v) is 9.51. The van der Waals surface area contributed by atoms with Crippen LogP contribution in [0.3, 0.4) is 0 Å². The molecule has 2 heterocycles. The largest absolute Gasteiger partial charge is 0.502 e. The van der Waals surface area contributed by atoms with Crippen LogP contribution in [0.15, 0.2) is 53.6 Å². The van der Waals surface area contributed by atoms with Gasteiger partial charge >= 0.3 is 0 Å². The Morgan fingerprint density at radius 2 is 1.90 bits per heavy atom. The molecule has 202 valence electrons. The summed E-state index contributed by atoms with van der Waals surface area (Å²) in [6, 6.07) is 14.6. The van der Waals surface area contributed by atoms with E-state index in [-0.39, 0.29) is 30.1 Å².